The second-order valence-electron chi connectivity index (χ2n) is 7.94. The van der Waals surface area contributed by atoms with Gasteiger partial charge in [0.1, 0.15) is 5.82 Å². The van der Waals surface area contributed by atoms with Crippen molar-refractivity contribution in [1.29, 1.82) is 0 Å². The molecule has 0 fully saturated rings. The fourth-order valence-electron chi connectivity index (χ4n) is 3.77. The van der Waals surface area contributed by atoms with Crippen molar-refractivity contribution >= 4 is 5.82 Å². The molecule has 0 radical (unpaired) electrons. The summed E-state index contributed by atoms with van der Waals surface area (Å²) in [7, 11) is 0. The molecule has 4 rings (SSSR count). The molecule has 0 aliphatic carbocycles. The lowest BCUT2D eigenvalue weighted by atomic mass is 9.87. The Morgan fingerprint density at radius 2 is 1.57 bits per heavy atom. The van der Waals surface area contributed by atoms with E-state index in [1.807, 2.05) is 24.3 Å². The SMILES string of the molecule is [O-][n+]1ccc(CC(c2ccc(NCc3ccccn3)nc2)c2ccc(OC(F)F)c(OC(F)F)c2)cc1. The summed E-state index contributed by atoms with van der Waals surface area (Å²) in [6.07, 6.45) is 6.39. The van der Waals surface area contributed by atoms with Crippen LogP contribution in [-0.2, 0) is 13.0 Å². The molecule has 4 aromatic rings. The van der Waals surface area contributed by atoms with Crippen LogP contribution in [0.1, 0.15) is 28.3 Å². The van der Waals surface area contributed by atoms with E-state index < -0.39 is 30.6 Å². The Morgan fingerprint density at radius 3 is 2.22 bits per heavy atom. The van der Waals surface area contributed by atoms with Gasteiger partial charge in [-0.05, 0) is 53.4 Å². The van der Waals surface area contributed by atoms with Crippen LogP contribution >= 0.6 is 0 Å². The van der Waals surface area contributed by atoms with Crippen molar-refractivity contribution in [3.05, 3.63) is 113 Å². The van der Waals surface area contributed by atoms with Gasteiger partial charge in [-0.15, -0.1) is 0 Å². The molecule has 37 heavy (non-hydrogen) atoms. The van der Waals surface area contributed by atoms with E-state index in [2.05, 4.69) is 24.8 Å². The van der Waals surface area contributed by atoms with Crippen molar-refractivity contribution in [3.8, 4) is 11.5 Å². The molecule has 1 aromatic carbocycles. The molecule has 192 valence electrons. The monoisotopic (exact) mass is 514 g/mol. The summed E-state index contributed by atoms with van der Waals surface area (Å²) in [5, 5.41) is 14.6. The van der Waals surface area contributed by atoms with Gasteiger partial charge in [0.25, 0.3) is 0 Å². The summed E-state index contributed by atoms with van der Waals surface area (Å²) in [5.74, 6) is -0.842. The summed E-state index contributed by atoms with van der Waals surface area (Å²) >= 11 is 0. The highest BCUT2D eigenvalue weighted by Crippen LogP contribution is 2.37. The van der Waals surface area contributed by atoms with Gasteiger partial charge in [-0.25, -0.2) is 4.98 Å². The molecular weight excluding hydrogens is 492 g/mol. The highest BCUT2D eigenvalue weighted by molar-refractivity contribution is 5.47. The van der Waals surface area contributed by atoms with Crippen LogP contribution in [0, 0.1) is 5.21 Å². The predicted octanol–water partition coefficient (Wildman–Crippen LogP) is 5.30. The van der Waals surface area contributed by atoms with Gasteiger partial charge >= 0.3 is 13.2 Å². The fraction of sp³-hybridized carbons (Fsp3) is 0.192. The number of aromatic nitrogens is 3. The van der Waals surface area contributed by atoms with Crippen molar-refractivity contribution in [2.75, 3.05) is 5.32 Å². The van der Waals surface area contributed by atoms with Gasteiger partial charge in [-0.2, -0.15) is 22.3 Å². The molecule has 0 saturated heterocycles. The van der Waals surface area contributed by atoms with Gasteiger partial charge in [-0.3, -0.25) is 4.98 Å². The topological polar surface area (TPSA) is 83.2 Å². The van der Waals surface area contributed by atoms with Gasteiger partial charge in [0.05, 0.1) is 12.2 Å². The van der Waals surface area contributed by atoms with Crippen LogP contribution < -0.4 is 19.5 Å². The second kappa shape index (κ2) is 12.0. The number of nitrogens with zero attached hydrogens (tertiary/aromatic N) is 3. The zero-order valence-electron chi connectivity index (χ0n) is 19.3. The third kappa shape index (κ3) is 7.29. The summed E-state index contributed by atoms with van der Waals surface area (Å²) in [5.41, 5.74) is 2.86. The minimum atomic E-state index is -3.23. The molecule has 0 spiro atoms. The van der Waals surface area contributed by atoms with Crippen LogP contribution in [0.4, 0.5) is 23.4 Å². The summed E-state index contributed by atoms with van der Waals surface area (Å²) in [4.78, 5) is 8.70. The highest BCUT2D eigenvalue weighted by atomic mass is 19.3. The number of anilines is 1. The van der Waals surface area contributed by atoms with Crippen LogP contribution in [0.3, 0.4) is 0 Å². The molecule has 3 aromatic heterocycles. The van der Waals surface area contributed by atoms with E-state index in [1.54, 1.807) is 30.6 Å². The Morgan fingerprint density at radius 1 is 0.838 bits per heavy atom. The number of nitrogens with one attached hydrogen (secondary N) is 1. The van der Waals surface area contributed by atoms with Crippen LogP contribution in [0.25, 0.3) is 0 Å². The van der Waals surface area contributed by atoms with Crippen LogP contribution in [0.5, 0.6) is 11.5 Å². The van der Waals surface area contributed by atoms with Crippen molar-refractivity contribution in [2.45, 2.75) is 32.1 Å². The van der Waals surface area contributed by atoms with Gasteiger partial charge < -0.3 is 20.0 Å². The Labute approximate surface area is 209 Å². The quantitative estimate of drug-likeness (QED) is 0.166. The first-order valence-electron chi connectivity index (χ1n) is 11.2. The molecule has 0 saturated carbocycles. The highest BCUT2D eigenvalue weighted by Gasteiger charge is 2.21. The minimum absolute atomic E-state index is 0.367. The molecule has 3 heterocycles. The Balaban J connectivity index is 1.64. The van der Waals surface area contributed by atoms with E-state index >= 15 is 0 Å². The molecular formula is C26H22F4N4O3. The average Bonchev–Trinajstić information content (AvgIpc) is 2.89. The number of pyridine rings is 3. The molecule has 0 amide bonds. The lowest BCUT2D eigenvalue weighted by molar-refractivity contribution is -0.605. The summed E-state index contributed by atoms with van der Waals surface area (Å²) in [6, 6.07) is 16.4. The van der Waals surface area contributed by atoms with E-state index in [-0.39, 0.29) is 0 Å². The largest absolute Gasteiger partial charge is 0.619 e. The lowest BCUT2D eigenvalue weighted by Gasteiger charge is -2.20. The van der Waals surface area contributed by atoms with Crippen molar-refractivity contribution in [1.82, 2.24) is 9.97 Å². The van der Waals surface area contributed by atoms with Crippen LogP contribution in [0.2, 0.25) is 0 Å². The van der Waals surface area contributed by atoms with Gasteiger partial charge in [-0.1, -0.05) is 18.2 Å². The van der Waals surface area contributed by atoms with Gasteiger partial charge in [0.2, 0.25) is 0 Å². The van der Waals surface area contributed by atoms with Gasteiger partial charge in [0.15, 0.2) is 23.9 Å². The fourth-order valence-corrected chi connectivity index (χ4v) is 3.77. The smallest absolute Gasteiger partial charge is 0.387 e. The van der Waals surface area contributed by atoms with E-state index in [1.165, 1.54) is 30.6 Å². The molecule has 1 atom stereocenters. The zero-order valence-corrected chi connectivity index (χ0v) is 19.3. The number of benzene rings is 1. The van der Waals surface area contributed by atoms with E-state index in [0.29, 0.717) is 29.1 Å². The van der Waals surface area contributed by atoms with E-state index in [4.69, 9.17) is 0 Å². The lowest BCUT2D eigenvalue weighted by Crippen LogP contribution is -2.24. The molecule has 1 N–H and O–H groups in total. The first kappa shape index (κ1) is 25.7. The van der Waals surface area contributed by atoms with E-state index in [9.17, 15) is 22.8 Å². The zero-order chi connectivity index (χ0) is 26.2. The predicted molar refractivity (Wildman–Crippen MR) is 126 cm³/mol. The third-order valence-corrected chi connectivity index (χ3v) is 5.48. The summed E-state index contributed by atoms with van der Waals surface area (Å²) in [6.45, 7) is -5.97. The van der Waals surface area contributed by atoms with E-state index in [0.717, 1.165) is 16.8 Å². The number of hydrogen-bond donors (Lipinski definition) is 1. The number of alkyl halides is 4. The Hall–Kier alpha value is -4.41. The second-order valence-corrected chi connectivity index (χ2v) is 7.94. The van der Waals surface area contributed by atoms with Crippen LogP contribution in [0.15, 0.2) is 85.5 Å². The third-order valence-electron chi connectivity index (χ3n) is 5.48. The number of rotatable bonds is 11. The maximum absolute atomic E-state index is 13.0. The average molecular weight is 514 g/mol. The number of ether oxygens (including phenoxy) is 2. The molecule has 1 unspecified atom stereocenters. The molecule has 0 aliphatic rings. The maximum Gasteiger partial charge on any atom is 0.387 e. The maximum atomic E-state index is 13.0. The molecule has 0 bridgehead atoms. The standard InChI is InChI=1S/C26H22F4N4O3/c27-25(28)36-22-6-4-18(14-23(22)37-26(29)30)21(13-17-8-11-34(35)12-9-17)19-5-7-24(32-15-19)33-16-20-3-1-2-10-31-20/h1-12,14-15,21,25-26H,13,16H2,(H,32,33). The van der Waals surface area contributed by atoms with Crippen LogP contribution in [-0.4, -0.2) is 23.2 Å². The number of halogens is 4. The molecule has 0 aliphatic heterocycles. The summed E-state index contributed by atoms with van der Waals surface area (Å²) < 4.78 is 61.0. The minimum Gasteiger partial charge on any atom is -0.619 e. The van der Waals surface area contributed by atoms with Crippen molar-refractivity contribution < 1.29 is 31.8 Å². The first-order chi connectivity index (χ1) is 17.9. The Kier molecular flexibility index (Phi) is 8.34. The Bertz CT molecular complexity index is 1280. The molecule has 11 heteroatoms. The first-order valence-corrected chi connectivity index (χ1v) is 11.2. The molecule has 7 nitrogen and oxygen atoms in total. The van der Waals surface area contributed by atoms with Crippen molar-refractivity contribution in [3.63, 3.8) is 0 Å². The number of hydrogen-bond acceptors (Lipinski definition) is 6. The normalized spacial score (nSPS) is 11.9. The van der Waals surface area contributed by atoms with Crippen molar-refractivity contribution in [2.24, 2.45) is 0 Å². The van der Waals surface area contributed by atoms with Gasteiger partial charge in [0, 0.05) is 30.4 Å².